The molecule has 0 saturated heterocycles. The minimum absolute atomic E-state index is 0.184. The van der Waals surface area contributed by atoms with Gasteiger partial charge in [-0.05, 0) is 30.3 Å². The number of aromatic nitrogens is 3. The molecule has 0 unspecified atom stereocenters. The minimum Gasteiger partial charge on any atom is -0.490 e. The smallest absolute Gasteiger partial charge is 0.373 e. The second-order valence-corrected chi connectivity index (χ2v) is 8.08. The van der Waals surface area contributed by atoms with E-state index in [1.807, 2.05) is 6.07 Å². The fraction of sp³-hybridized carbons (Fsp3) is 0.174. The van der Waals surface area contributed by atoms with Gasteiger partial charge in [0.15, 0.2) is 11.6 Å². The number of nitrogens with zero attached hydrogens (tertiary/aromatic N) is 4. The molecule has 1 N–H and O–H groups in total. The van der Waals surface area contributed by atoms with Gasteiger partial charge in [0.1, 0.15) is 12.4 Å². The van der Waals surface area contributed by atoms with Crippen LogP contribution < -0.4 is 4.74 Å². The molecule has 33 heavy (non-hydrogen) atoms. The van der Waals surface area contributed by atoms with E-state index in [4.69, 9.17) is 21.4 Å². The summed E-state index contributed by atoms with van der Waals surface area (Å²) < 4.78 is 35.4. The zero-order chi connectivity index (χ0) is 23.1. The predicted molar refractivity (Wildman–Crippen MR) is 117 cm³/mol. The normalized spacial score (nSPS) is 14.0. The lowest BCUT2D eigenvalue weighted by Gasteiger charge is -2.19. The summed E-state index contributed by atoms with van der Waals surface area (Å²) >= 11 is 6.53. The molecule has 0 fully saturated rings. The van der Waals surface area contributed by atoms with Crippen LogP contribution in [0.2, 0.25) is 5.02 Å². The molecule has 0 saturated carbocycles. The van der Waals surface area contributed by atoms with E-state index in [2.05, 4.69) is 14.9 Å². The highest BCUT2D eigenvalue weighted by Crippen LogP contribution is 2.36. The zero-order valence-corrected chi connectivity index (χ0v) is 17.9. The lowest BCUT2D eigenvalue weighted by Crippen LogP contribution is -2.25. The maximum atomic E-state index is 14.2. The van der Waals surface area contributed by atoms with E-state index < -0.39 is 17.6 Å². The molecule has 0 atom stereocenters. The van der Waals surface area contributed by atoms with Crippen LogP contribution in [-0.2, 0) is 13.1 Å². The topological polar surface area (TPSA) is 80.5 Å². The molecular weight excluding hydrogens is 454 g/mol. The second-order valence-electron chi connectivity index (χ2n) is 7.67. The Balaban J connectivity index is 1.47. The number of benzene rings is 2. The van der Waals surface area contributed by atoms with Gasteiger partial charge in [0.2, 0.25) is 5.82 Å². The maximum absolute atomic E-state index is 14.2. The molecule has 5 rings (SSSR count). The van der Waals surface area contributed by atoms with E-state index in [1.165, 1.54) is 24.5 Å². The van der Waals surface area contributed by atoms with E-state index in [0.29, 0.717) is 48.2 Å². The van der Waals surface area contributed by atoms with Crippen LogP contribution in [0.4, 0.5) is 8.78 Å². The summed E-state index contributed by atoms with van der Waals surface area (Å²) in [6.07, 6.45) is 4.65. The Morgan fingerprint density at radius 1 is 1.18 bits per heavy atom. The van der Waals surface area contributed by atoms with E-state index >= 15 is 0 Å². The summed E-state index contributed by atoms with van der Waals surface area (Å²) in [5, 5.41) is 9.57. The van der Waals surface area contributed by atoms with Gasteiger partial charge in [-0.25, -0.2) is 23.5 Å². The van der Waals surface area contributed by atoms with Crippen molar-refractivity contribution in [1.82, 2.24) is 19.4 Å². The molecule has 0 amide bonds. The Labute approximate surface area is 191 Å². The number of hydrogen-bond donors (Lipinski definition) is 1. The van der Waals surface area contributed by atoms with Gasteiger partial charge in [0, 0.05) is 60.4 Å². The van der Waals surface area contributed by atoms with Crippen LogP contribution in [0.1, 0.15) is 21.7 Å². The third-order valence-electron chi connectivity index (χ3n) is 5.49. The van der Waals surface area contributed by atoms with Gasteiger partial charge in [0.25, 0.3) is 0 Å². The van der Waals surface area contributed by atoms with Crippen LogP contribution in [0.15, 0.2) is 48.9 Å². The SMILES string of the molecule is O=C(O)c1ncc(CN2CCOc3c(Cl)cc(-n4ccc5c(F)c(F)ccc54)cc3C2)cn1. The number of halogens is 3. The van der Waals surface area contributed by atoms with Gasteiger partial charge in [-0.3, -0.25) is 4.90 Å². The zero-order valence-electron chi connectivity index (χ0n) is 17.1. The molecule has 0 spiro atoms. The molecule has 4 aromatic rings. The van der Waals surface area contributed by atoms with Gasteiger partial charge in [-0.1, -0.05) is 11.6 Å². The first-order valence-electron chi connectivity index (χ1n) is 10.1. The average molecular weight is 471 g/mol. The van der Waals surface area contributed by atoms with Crippen molar-refractivity contribution in [3.05, 3.63) is 82.5 Å². The third kappa shape index (κ3) is 4.01. The molecule has 3 heterocycles. The molecule has 0 radical (unpaired) electrons. The summed E-state index contributed by atoms with van der Waals surface area (Å²) in [7, 11) is 0. The third-order valence-corrected chi connectivity index (χ3v) is 5.77. The van der Waals surface area contributed by atoms with Gasteiger partial charge >= 0.3 is 5.97 Å². The molecule has 0 bridgehead atoms. The van der Waals surface area contributed by atoms with Crippen molar-refractivity contribution in [1.29, 1.82) is 0 Å². The number of ether oxygens (including phenoxy) is 1. The van der Waals surface area contributed by atoms with Crippen molar-refractivity contribution >= 4 is 28.5 Å². The lowest BCUT2D eigenvalue weighted by atomic mass is 10.1. The highest BCUT2D eigenvalue weighted by molar-refractivity contribution is 6.32. The fourth-order valence-electron chi connectivity index (χ4n) is 3.97. The van der Waals surface area contributed by atoms with Crippen LogP contribution >= 0.6 is 11.6 Å². The Morgan fingerprint density at radius 2 is 1.97 bits per heavy atom. The Morgan fingerprint density at radius 3 is 2.73 bits per heavy atom. The van der Waals surface area contributed by atoms with Crippen LogP contribution in [0, 0.1) is 11.6 Å². The quantitative estimate of drug-likeness (QED) is 0.475. The van der Waals surface area contributed by atoms with Crippen LogP contribution in [0.5, 0.6) is 5.75 Å². The molecule has 7 nitrogen and oxygen atoms in total. The molecular formula is C23H17ClF2N4O3. The number of carbonyl (C=O) groups is 1. The average Bonchev–Trinajstić information content (AvgIpc) is 3.12. The van der Waals surface area contributed by atoms with Gasteiger partial charge in [0.05, 0.1) is 10.5 Å². The first kappa shape index (κ1) is 21.3. The number of aromatic carboxylic acids is 1. The fourth-order valence-corrected chi connectivity index (χ4v) is 4.26. The highest BCUT2D eigenvalue weighted by Gasteiger charge is 2.21. The molecule has 2 aromatic heterocycles. The molecule has 2 aromatic carbocycles. The summed E-state index contributed by atoms with van der Waals surface area (Å²) in [5.74, 6) is -2.65. The first-order chi connectivity index (χ1) is 15.9. The Hall–Kier alpha value is -3.56. The minimum atomic E-state index is -1.18. The van der Waals surface area contributed by atoms with Crippen molar-refractivity contribution in [3.8, 4) is 11.4 Å². The second kappa shape index (κ2) is 8.42. The number of fused-ring (bicyclic) bond motifs is 2. The number of carboxylic acids is 1. The summed E-state index contributed by atoms with van der Waals surface area (Å²) in [5.41, 5.74) is 2.81. The molecule has 10 heteroatoms. The van der Waals surface area contributed by atoms with Gasteiger partial charge in [-0.2, -0.15) is 0 Å². The number of carboxylic acid groups (broad SMARTS) is 1. The van der Waals surface area contributed by atoms with Crippen LogP contribution in [-0.4, -0.2) is 43.7 Å². The van der Waals surface area contributed by atoms with Crippen molar-refractivity contribution in [2.45, 2.75) is 13.1 Å². The van der Waals surface area contributed by atoms with Crippen molar-refractivity contribution in [2.75, 3.05) is 13.2 Å². The van der Waals surface area contributed by atoms with Gasteiger partial charge in [-0.15, -0.1) is 0 Å². The maximum Gasteiger partial charge on any atom is 0.373 e. The largest absolute Gasteiger partial charge is 0.490 e. The number of rotatable bonds is 4. The predicted octanol–water partition coefficient (Wildman–Crippen LogP) is 4.44. The van der Waals surface area contributed by atoms with Crippen LogP contribution in [0.25, 0.3) is 16.6 Å². The lowest BCUT2D eigenvalue weighted by molar-refractivity contribution is 0.0683. The van der Waals surface area contributed by atoms with Crippen LogP contribution in [0.3, 0.4) is 0 Å². The molecule has 0 aliphatic carbocycles. The van der Waals surface area contributed by atoms with E-state index in [1.54, 1.807) is 16.8 Å². The van der Waals surface area contributed by atoms with Gasteiger partial charge < -0.3 is 14.4 Å². The first-order valence-corrected chi connectivity index (χ1v) is 10.5. The van der Waals surface area contributed by atoms with E-state index in [9.17, 15) is 13.6 Å². The molecule has 168 valence electrons. The summed E-state index contributed by atoms with van der Waals surface area (Å²) in [4.78, 5) is 20.8. The number of hydrogen-bond acceptors (Lipinski definition) is 5. The van der Waals surface area contributed by atoms with Crippen molar-refractivity contribution in [3.63, 3.8) is 0 Å². The molecule has 1 aliphatic rings. The standard InChI is InChI=1S/C23H17ClF2N4O3/c24-17-8-15(30-4-3-16-19(30)2-1-18(25)20(16)26)7-14-12-29(5-6-33-21(14)17)11-13-9-27-22(23(31)32)28-10-13/h1-4,7-10H,5-6,11-12H2,(H,31,32). The van der Waals surface area contributed by atoms with Crippen molar-refractivity contribution < 1.29 is 23.4 Å². The van der Waals surface area contributed by atoms with E-state index in [0.717, 1.165) is 17.2 Å². The highest BCUT2D eigenvalue weighted by atomic mass is 35.5. The summed E-state index contributed by atoms with van der Waals surface area (Å²) in [6.45, 7) is 2.02. The van der Waals surface area contributed by atoms with Crippen molar-refractivity contribution in [2.24, 2.45) is 0 Å². The van der Waals surface area contributed by atoms with E-state index in [-0.39, 0.29) is 11.2 Å². The summed E-state index contributed by atoms with van der Waals surface area (Å²) in [6, 6.07) is 7.79. The Kier molecular flexibility index (Phi) is 5.43. The molecule has 1 aliphatic heterocycles. The monoisotopic (exact) mass is 470 g/mol. The Bertz CT molecular complexity index is 1370.